The lowest BCUT2D eigenvalue weighted by atomic mass is 9.80. The van der Waals surface area contributed by atoms with Gasteiger partial charge in [0.25, 0.3) is 0 Å². The maximum absolute atomic E-state index is 9.29. The van der Waals surface area contributed by atoms with Crippen LogP contribution in [0.25, 0.3) is 65.4 Å². The SMILES string of the molecule is OB(O)c1ccc2oc3cc4ccccc4cc3c2c1.OB(O)c1ccc2oc3cc4ccccc4cc3c2c1. The molecule has 0 saturated heterocycles. The molecule has 0 amide bonds. The lowest BCUT2D eigenvalue weighted by Gasteiger charge is -1.99. The second kappa shape index (κ2) is 9.55. The van der Waals surface area contributed by atoms with Gasteiger partial charge in [-0.3, -0.25) is 0 Å². The van der Waals surface area contributed by atoms with Crippen molar-refractivity contribution in [3.63, 3.8) is 0 Å². The molecule has 6 nitrogen and oxygen atoms in total. The minimum atomic E-state index is -1.47. The van der Waals surface area contributed by atoms with Gasteiger partial charge in [-0.1, -0.05) is 72.8 Å². The quantitative estimate of drug-likeness (QED) is 0.241. The van der Waals surface area contributed by atoms with Crippen LogP contribution in [0.1, 0.15) is 0 Å². The molecule has 0 aliphatic carbocycles. The molecule has 8 rings (SSSR count). The third-order valence-electron chi connectivity index (χ3n) is 7.32. The lowest BCUT2D eigenvalue weighted by molar-refractivity contribution is 0.424. The maximum atomic E-state index is 9.29. The molecule has 0 aliphatic heterocycles. The molecule has 2 aromatic heterocycles. The molecule has 0 atom stereocenters. The number of fused-ring (bicyclic) bond motifs is 8. The third kappa shape index (κ3) is 4.20. The Morgan fingerprint density at radius 2 is 0.725 bits per heavy atom. The van der Waals surface area contributed by atoms with Crippen LogP contribution in [0.4, 0.5) is 0 Å². The first-order valence-corrected chi connectivity index (χ1v) is 12.9. The summed E-state index contributed by atoms with van der Waals surface area (Å²) < 4.78 is 11.7. The van der Waals surface area contributed by atoms with Crippen molar-refractivity contribution in [1.82, 2.24) is 0 Å². The monoisotopic (exact) mass is 524 g/mol. The molecule has 0 bridgehead atoms. The minimum absolute atomic E-state index is 0.466. The summed E-state index contributed by atoms with van der Waals surface area (Å²) in [6.07, 6.45) is 0. The Morgan fingerprint density at radius 1 is 0.375 bits per heavy atom. The van der Waals surface area contributed by atoms with E-state index in [9.17, 15) is 20.1 Å². The van der Waals surface area contributed by atoms with Gasteiger partial charge in [0.15, 0.2) is 0 Å². The van der Waals surface area contributed by atoms with E-state index in [-0.39, 0.29) is 0 Å². The van der Waals surface area contributed by atoms with Crippen molar-refractivity contribution >= 4 is 90.6 Å². The van der Waals surface area contributed by atoms with Gasteiger partial charge in [-0.05, 0) is 68.9 Å². The average Bonchev–Trinajstić information content (AvgIpc) is 3.51. The summed E-state index contributed by atoms with van der Waals surface area (Å²) in [5, 5.41) is 45.5. The van der Waals surface area contributed by atoms with Crippen molar-refractivity contribution in [3.8, 4) is 0 Å². The molecule has 4 N–H and O–H groups in total. The highest BCUT2D eigenvalue weighted by Gasteiger charge is 2.16. The Balaban J connectivity index is 0.000000132. The largest absolute Gasteiger partial charge is 0.488 e. The standard InChI is InChI=1S/2C16H11BO3/c2*18-17(19)12-5-6-15-14(9-12)13-7-10-3-1-2-4-11(10)8-16(13)20-15/h2*1-9,18-19H. The van der Waals surface area contributed by atoms with Gasteiger partial charge in [-0.25, -0.2) is 0 Å². The van der Waals surface area contributed by atoms with Crippen molar-refractivity contribution in [1.29, 1.82) is 0 Å². The predicted octanol–water partition coefficient (Wildman–Crippen LogP) is 4.84. The van der Waals surface area contributed by atoms with Crippen molar-refractivity contribution in [2.75, 3.05) is 0 Å². The fourth-order valence-electron chi connectivity index (χ4n) is 5.28. The van der Waals surface area contributed by atoms with Gasteiger partial charge < -0.3 is 28.9 Å². The maximum Gasteiger partial charge on any atom is 0.488 e. The van der Waals surface area contributed by atoms with Gasteiger partial charge in [0.05, 0.1) is 0 Å². The molecule has 8 heteroatoms. The smallest absolute Gasteiger partial charge is 0.456 e. The Morgan fingerprint density at radius 3 is 1.10 bits per heavy atom. The first-order valence-electron chi connectivity index (χ1n) is 12.9. The highest BCUT2D eigenvalue weighted by Crippen LogP contribution is 2.32. The Hall–Kier alpha value is -4.59. The summed E-state index contributed by atoms with van der Waals surface area (Å²) >= 11 is 0. The molecule has 0 spiro atoms. The van der Waals surface area contributed by atoms with Crippen LogP contribution in [0.5, 0.6) is 0 Å². The Labute approximate surface area is 228 Å². The first kappa shape index (κ1) is 24.5. The summed E-state index contributed by atoms with van der Waals surface area (Å²) in [4.78, 5) is 0. The van der Waals surface area contributed by atoms with E-state index in [1.807, 2.05) is 48.5 Å². The van der Waals surface area contributed by atoms with Crippen molar-refractivity contribution in [2.45, 2.75) is 0 Å². The molecular formula is C32H22B2O6. The van der Waals surface area contributed by atoms with E-state index in [2.05, 4.69) is 24.3 Å². The highest BCUT2D eigenvalue weighted by molar-refractivity contribution is 6.59. The van der Waals surface area contributed by atoms with E-state index < -0.39 is 14.2 Å². The summed E-state index contributed by atoms with van der Waals surface area (Å²) in [6, 6.07) is 34.8. The fraction of sp³-hybridized carbons (Fsp3) is 0. The van der Waals surface area contributed by atoms with Crippen LogP contribution in [0.15, 0.2) is 118 Å². The van der Waals surface area contributed by atoms with E-state index in [4.69, 9.17) is 8.83 Å². The topological polar surface area (TPSA) is 107 Å². The van der Waals surface area contributed by atoms with Crippen LogP contribution >= 0.6 is 0 Å². The molecule has 6 aromatic carbocycles. The molecule has 0 saturated carbocycles. The lowest BCUT2D eigenvalue weighted by Crippen LogP contribution is -2.29. The first-order chi connectivity index (χ1) is 19.4. The summed E-state index contributed by atoms with van der Waals surface area (Å²) in [5.74, 6) is 0. The highest BCUT2D eigenvalue weighted by atomic mass is 16.4. The van der Waals surface area contributed by atoms with Crippen LogP contribution in [0, 0.1) is 0 Å². The summed E-state index contributed by atoms with van der Waals surface area (Å²) in [5.41, 5.74) is 4.05. The van der Waals surface area contributed by atoms with E-state index in [0.717, 1.165) is 65.4 Å². The zero-order valence-corrected chi connectivity index (χ0v) is 21.2. The minimum Gasteiger partial charge on any atom is -0.456 e. The number of benzene rings is 6. The Kier molecular flexibility index (Phi) is 5.84. The molecular weight excluding hydrogens is 502 g/mol. The second-order valence-electron chi connectivity index (χ2n) is 9.85. The molecule has 2 heterocycles. The fourth-order valence-corrected chi connectivity index (χ4v) is 5.28. The summed E-state index contributed by atoms with van der Waals surface area (Å²) in [6.45, 7) is 0. The van der Waals surface area contributed by atoms with Gasteiger partial charge in [0.2, 0.25) is 0 Å². The van der Waals surface area contributed by atoms with Gasteiger partial charge in [0, 0.05) is 21.5 Å². The zero-order valence-electron chi connectivity index (χ0n) is 21.2. The van der Waals surface area contributed by atoms with Gasteiger partial charge >= 0.3 is 14.2 Å². The zero-order chi connectivity index (χ0) is 27.4. The molecule has 8 aromatic rings. The summed E-state index contributed by atoms with van der Waals surface area (Å²) in [7, 11) is -2.94. The van der Waals surface area contributed by atoms with E-state index in [1.54, 1.807) is 36.4 Å². The average molecular weight is 524 g/mol. The number of hydrogen-bond acceptors (Lipinski definition) is 6. The molecule has 0 aliphatic rings. The number of furan rings is 2. The normalized spacial score (nSPS) is 11.5. The van der Waals surface area contributed by atoms with E-state index in [0.29, 0.717) is 10.9 Å². The van der Waals surface area contributed by atoms with E-state index in [1.165, 1.54) is 0 Å². The van der Waals surface area contributed by atoms with Gasteiger partial charge in [-0.2, -0.15) is 0 Å². The van der Waals surface area contributed by atoms with Gasteiger partial charge in [-0.15, -0.1) is 0 Å². The number of hydrogen-bond donors (Lipinski definition) is 4. The molecule has 0 fully saturated rings. The third-order valence-corrected chi connectivity index (χ3v) is 7.32. The molecule has 0 radical (unpaired) electrons. The van der Waals surface area contributed by atoms with Crippen LogP contribution in [-0.2, 0) is 0 Å². The molecule has 192 valence electrons. The van der Waals surface area contributed by atoms with Crippen molar-refractivity contribution in [3.05, 3.63) is 109 Å². The molecule has 0 unspecified atom stereocenters. The van der Waals surface area contributed by atoms with Crippen molar-refractivity contribution < 1.29 is 28.9 Å². The van der Waals surface area contributed by atoms with Crippen LogP contribution in [-0.4, -0.2) is 34.3 Å². The van der Waals surface area contributed by atoms with Crippen LogP contribution < -0.4 is 10.9 Å². The van der Waals surface area contributed by atoms with Gasteiger partial charge in [0.1, 0.15) is 22.3 Å². The van der Waals surface area contributed by atoms with Crippen molar-refractivity contribution in [2.24, 2.45) is 0 Å². The Bertz CT molecular complexity index is 2040. The van der Waals surface area contributed by atoms with E-state index >= 15 is 0 Å². The number of rotatable bonds is 2. The van der Waals surface area contributed by atoms with Crippen LogP contribution in [0.3, 0.4) is 0 Å². The van der Waals surface area contributed by atoms with Crippen LogP contribution in [0.2, 0.25) is 0 Å². The second-order valence-corrected chi connectivity index (χ2v) is 9.85. The molecule has 40 heavy (non-hydrogen) atoms. The predicted molar refractivity (Wildman–Crippen MR) is 162 cm³/mol.